The molecule has 0 bridgehead atoms. The summed E-state index contributed by atoms with van der Waals surface area (Å²) in [6.45, 7) is 2.06. The van der Waals surface area contributed by atoms with Crippen molar-refractivity contribution < 1.29 is 9.53 Å². The van der Waals surface area contributed by atoms with Crippen LogP contribution >= 0.6 is 0 Å². The van der Waals surface area contributed by atoms with Gasteiger partial charge in [-0.25, -0.2) is 0 Å². The van der Waals surface area contributed by atoms with E-state index in [2.05, 4.69) is 4.90 Å². The molecule has 2 heterocycles. The summed E-state index contributed by atoms with van der Waals surface area (Å²) in [6.07, 6.45) is 3.17. The smallest absolute Gasteiger partial charge is 0.143 e. The van der Waals surface area contributed by atoms with Crippen LogP contribution in [-0.4, -0.2) is 36.9 Å². The number of ketones is 1. The zero-order valence-electron chi connectivity index (χ0n) is 10.8. The summed E-state index contributed by atoms with van der Waals surface area (Å²) < 4.78 is 5.16. The molecule has 3 heteroatoms. The minimum atomic E-state index is 0.0604. The second-order valence-electron chi connectivity index (χ2n) is 5.29. The fourth-order valence-electron chi connectivity index (χ4n) is 3.21. The molecule has 3 rings (SSSR count). The molecule has 2 fully saturated rings. The summed E-state index contributed by atoms with van der Waals surface area (Å²) in [6, 6.07) is 8.46. The van der Waals surface area contributed by atoms with Gasteiger partial charge in [-0.05, 0) is 37.1 Å². The van der Waals surface area contributed by atoms with E-state index in [0.717, 1.165) is 30.8 Å². The number of carbonyl (C=O) groups is 1. The van der Waals surface area contributed by atoms with E-state index < -0.39 is 0 Å². The first-order valence-corrected chi connectivity index (χ1v) is 6.68. The fourth-order valence-corrected chi connectivity index (χ4v) is 3.21. The molecule has 96 valence electrons. The Balaban J connectivity index is 1.80. The van der Waals surface area contributed by atoms with Gasteiger partial charge in [0.05, 0.1) is 13.0 Å². The summed E-state index contributed by atoms with van der Waals surface area (Å²) in [5, 5.41) is 0. The zero-order chi connectivity index (χ0) is 12.5. The van der Waals surface area contributed by atoms with Crippen molar-refractivity contribution in [2.24, 2.45) is 0 Å². The number of hydrogen-bond acceptors (Lipinski definition) is 3. The van der Waals surface area contributed by atoms with Gasteiger partial charge in [0.2, 0.25) is 0 Å². The van der Waals surface area contributed by atoms with Crippen LogP contribution in [0.15, 0.2) is 24.3 Å². The highest BCUT2D eigenvalue weighted by atomic mass is 16.5. The Kier molecular flexibility index (Phi) is 3.08. The van der Waals surface area contributed by atoms with Crippen molar-refractivity contribution in [3.63, 3.8) is 0 Å². The number of piperidine rings is 1. The third kappa shape index (κ3) is 2.03. The lowest BCUT2D eigenvalue weighted by atomic mass is 9.86. The van der Waals surface area contributed by atoms with Crippen LogP contribution in [0.25, 0.3) is 0 Å². The largest absolute Gasteiger partial charge is 0.497 e. The van der Waals surface area contributed by atoms with Crippen molar-refractivity contribution >= 4 is 5.78 Å². The van der Waals surface area contributed by atoms with Crippen LogP contribution in [0.1, 0.15) is 30.7 Å². The van der Waals surface area contributed by atoms with Crippen LogP contribution in [0.3, 0.4) is 0 Å². The van der Waals surface area contributed by atoms with E-state index in [1.165, 1.54) is 12.8 Å². The van der Waals surface area contributed by atoms with Crippen molar-refractivity contribution in [3.05, 3.63) is 29.8 Å². The summed E-state index contributed by atoms with van der Waals surface area (Å²) in [7, 11) is 1.66. The molecule has 0 aromatic heterocycles. The molecule has 1 aromatic rings. The SMILES string of the molecule is COc1ccc(C2CN3CCCC3CC2=O)cc1. The molecule has 2 aliphatic rings. The normalized spacial score (nSPS) is 28.2. The van der Waals surface area contributed by atoms with Gasteiger partial charge in [0.15, 0.2) is 0 Å². The molecule has 0 spiro atoms. The monoisotopic (exact) mass is 245 g/mol. The Morgan fingerprint density at radius 3 is 2.78 bits per heavy atom. The number of ether oxygens (including phenoxy) is 1. The van der Waals surface area contributed by atoms with Gasteiger partial charge in [-0.3, -0.25) is 9.69 Å². The van der Waals surface area contributed by atoms with Crippen LogP contribution in [0, 0.1) is 0 Å². The average Bonchev–Trinajstić information content (AvgIpc) is 2.85. The van der Waals surface area contributed by atoms with Crippen molar-refractivity contribution in [2.45, 2.75) is 31.2 Å². The number of rotatable bonds is 2. The van der Waals surface area contributed by atoms with Crippen molar-refractivity contribution in [1.82, 2.24) is 4.90 Å². The Labute approximate surface area is 108 Å². The summed E-state index contributed by atoms with van der Waals surface area (Å²) in [5.74, 6) is 1.31. The Morgan fingerprint density at radius 1 is 1.28 bits per heavy atom. The summed E-state index contributed by atoms with van der Waals surface area (Å²) in [5.41, 5.74) is 1.13. The molecule has 0 aliphatic carbocycles. The van der Waals surface area contributed by atoms with Gasteiger partial charge in [-0.2, -0.15) is 0 Å². The van der Waals surface area contributed by atoms with Crippen LogP contribution < -0.4 is 4.74 Å². The van der Waals surface area contributed by atoms with Crippen LogP contribution in [0.4, 0.5) is 0 Å². The third-order valence-corrected chi connectivity index (χ3v) is 4.26. The highest BCUT2D eigenvalue weighted by molar-refractivity contribution is 5.87. The van der Waals surface area contributed by atoms with E-state index in [4.69, 9.17) is 4.74 Å². The standard InChI is InChI=1S/C15H19NO2/c1-18-13-6-4-11(5-7-13)14-10-16-8-2-3-12(16)9-15(14)17/h4-7,12,14H,2-3,8-10H2,1H3. The molecular weight excluding hydrogens is 226 g/mol. The van der Waals surface area contributed by atoms with E-state index in [9.17, 15) is 4.79 Å². The second kappa shape index (κ2) is 4.73. The minimum absolute atomic E-state index is 0.0604. The molecular formula is C15H19NO2. The fraction of sp³-hybridized carbons (Fsp3) is 0.533. The molecule has 1 aromatic carbocycles. The van der Waals surface area contributed by atoms with Crippen LogP contribution in [0.2, 0.25) is 0 Å². The van der Waals surface area contributed by atoms with Crippen molar-refractivity contribution in [2.75, 3.05) is 20.2 Å². The van der Waals surface area contributed by atoms with E-state index >= 15 is 0 Å². The average molecular weight is 245 g/mol. The van der Waals surface area contributed by atoms with Gasteiger partial charge in [0.1, 0.15) is 11.5 Å². The van der Waals surface area contributed by atoms with Gasteiger partial charge in [-0.15, -0.1) is 0 Å². The first kappa shape index (κ1) is 11.7. The molecule has 2 aliphatic heterocycles. The second-order valence-corrected chi connectivity index (χ2v) is 5.29. The van der Waals surface area contributed by atoms with E-state index in [-0.39, 0.29) is 5.92 Å². The Morgan fingerprint density at radius 2 is 2.06 bits per heavy atom. The number of Topliss-reactive ketones (excluding diaryl/α,β-unsaturated/α-hetero) is 1. The zero-order valence-corrected chi connectivity index (χ0v) is 10.8. The van der Waals surface area contributed by atoms with Crippen molar-refractivity contribution in [3.8, 4) is 5.75 Å². The highest BCUT2D eigenvalue weighted by Gasteiger charge is 2.37. The number of nitrogens with zero attached hydrogens (tertiary/aromatic N) is 1. The van der Waals surface area contributed by atoms with Gasteiger partial charge in [-0.1, -0.05) is 12.1 Å². The lowest BCUT2D eigenvalue weighted by Crippen LogP contribution is -2.42. The number of benzene rings is 1. The quantitative estimate of drug-likeness (QED) is 0.800. The van der Waals surface area contributed by atoms with E-state index in [1.807, 2.05) is 24.3 Å². The van der Waals surface area contributed by atoms with E-state index in [0.29, 0.717) is 11.8 Å². The minimum Gasteiger partial charge on any atom is -0.497 e. The molecule has 2 atom stereocenters. The van der Waals surface area contributed by atoms with Gasteiger partial charge in [0, 0.05) is 19.0 Å². The summed E-state index contributed by atoms with van der Waals surface area (Å²) >= 11 is 0. The third-order valence-electron chi connectivity index (χ3n) is 4.26. The number of hydrogen-bond donors (Lipinski definition) is 0. The molecule has 0 N–H and O–H groups in total. The van der Waals surface area contributed by atoms with E-state index in [1.54, 1.807) is 7.11 Å². The van der Waals surface area contributed by atoms with Crippen molar-refractivity contribution in [1.29, 1.82) is 0 Å². The van der Waals surface area contributed by atoms with Crippen LogP contribution in [-0.2, 0) is 4.79 Å². The van der Waals surface area contributed by atoms with Gasteiger partial charge >= 0.3 is 0 Å². The maximum Gasteiger partial charge on any atom is 0.143 e. The van der Waals surface area contributed by atoms with Crippen LogP contribution in [0.5, 0.6) is 5.75 Å². The molecule has 0 radical (unpaired) electrons. The Bertz CT molecular complexity index is 440. The first-order chi connectivity index (χ1) is 8.78. The lowest BCUT2D eigenvalue weighted by Gasteiger charge is -2.34. The highest BCUT2D eigenvalue weighted by Crippen LogP contribution is 2.33. The number of fused-ring (bicyclic) bond motifs is 1. The summed E-state index contributed by atoms with van der Waals surface area (Å²) in [4.78, 5) is 14.7. The predicted octanol–water partition coefficient (Wildman–Crippen LogP) is 2.22. The molecule has 3 nitrogen and oxygen atoms in total. The molecule has 0 amide bonds. The topological polar surface area (TPSA) is 29.5 Å². The molecule has 2 unspecified atom stereocenters. The first-order valence-electron chi connectivity index (χ1n) is 6.68. The molecule has 0 saturated carbocycles. The van der Waals surface area contributed by atoms with Gasteiger partial charge < -0.3 is 4.74 Å². The number of carbonyl (C=O) groups excluding carboxylic acids is 1. The predicted molar refractivity (Wildman–Crippen MR) is 70.0 cm³/mol. The number of methoxy groups -OCH3 is 1. The molecule has 18 heavy (non-hydrogen) atoms. The van der Waals surface area contributed by atoms with Gasteiger partial charge in [0.25, 0.3) is 0 Å². The Hall–Kier alpha value is -1.35. The maximum absolute atomic E-state index is 12.2. The maximum atomic E-state index is 12.2. The molecule has 2 saturated heterocycles. The lowest BCUT2D eigenvalue weighted by molar-refractivity contribution is -0.124.